The van der Waals surface area contributed by atoms with E-state index in [2.05, 4.69) is 5.32 Å². The lowest BCUT2D eigenvalue weighted by Gasteiger charge is -2.41. The molecule has 2 N–H and O–H groups in total. The van der Waals surface area contributed by atoms with Gasteiger partial charge >= 0.3 is 5.97 Å². The number of benzene rings is 1. The van der Waals surface area contributed by atoms with Gasteiger partial charge in [0.05, 0.1) is 30.7 Å². The van der Waals surface area contributed by atoms with Gasteiger partial charge in [-0.1, -0.05) is 74.9 Å². The molecule has 10 heteroatoms. The maximum atomic E-state index is 14.7. The minimum atomic E-state index is -1.44. The van der Waals surface area contributed by atoms with Crippen molar-refractivity contribution in [3.63, 3.8) is 0 Å². The third-order valence-corrected chi connectivity index (χ3v) is 9.78. The van der Waals surface area contributed by atoms with Gasteiger partial charge in [-0.3, -0.25) is 19.2 Å². The number of aliphatic hydroxyl groups excluding tert-OH is 1. The third-order valence-electron chi connectivity index (χ3n) is 9.78. The predicted molar refractivity (Wildman–Crippen MR) is 163 cm³/mol. The highest BCUT2D eigenvalue weighted by molar-refractivity contribution is 5.99. The van der Waals surface area contributed by atoms with Crippen molar-refractivity contribution in [2.75, 3.05) is 13.2 Å². The summed E-state index contributed by atoms with van der Waals surface area (Å²) in [5.41, 5.74) is -0.739. The maximum absolute atomic E-state index is 14.7. The molecule has 0 bridgehead atoms. The highest BCUT2D eigenvalue weighted by atomic mass is 16.6. The Kier molecular flexibility index (Phi) is 9.32. The molecule has 2 fully saturated rings. The van der Waals surface area contributed by atoms with E-state index >= 15 is 0 Å². The fourth-order valence-corrected chi connectivity index (χ4v) is 7.30. The molecule has 0 aliphatic carbocycles. The average molecular weight is 608 g/mol. The number of amides is 3. The summed E-state index contributed by atoms with van der Waals surface area (Å²) in [4.78, 5) is 59.4. The van der Waals surface area contributed by atoms with Crippen LogP contribution in [0.5, 0.6) is 0 Å². The largest absolute Gasteiger partial charge is 0.455 e. The molecular formula is C34H45N3O7. The zero-order chi connectivity index (χ0) is 31.8. The minimum absolute atomic E-state index is 0.113. The Morgan fingerprint density at radius 3 is 2.45 bits per heavy atom. The summed E-state index contributed by atoms with van der Waals surface area (Å²) in [5, 5.41) is 13.5. The second-order valence-electron chi connectivity index (χ2n) is 12.8. The average Bonchev–Trinajstić information content (AvgIpc) is 3.38. The molecule has 9 atom stereocenters. The number of cyclic esters (lactones) is 1. The molecule has 3 amide bonds. The van der Waals surface area contributed by atoms with Crippen LogP contribution in [-0.2, 0) is 28.7 Å². The van der Waals surface area contributed by atoms with Crippen molar-refractivity contribution in [2.24, 2.45) is 17.8 Å². The van der Waals surface area contributed by atoms with Crippen molar-refractivity contribution in [2.45, 2.75) is 95.9 Å². The molecule has 0 unspecified atom stereocenters. The molecule has 4 aliphatic rings. The summed E-state index contributed by atoms with van der Waals surface area (Å²) < 4.78 is 13.0. The quantitative estimate of drug-likeness (QED) is 0.376. The number of allylic oxidation sites excluding steroid dienone is 1. The van der Waals surface area contributed by atoms with Gasteiger partial charge in [-0.15, -0.1) is 0 Å². The van der Waals surface area contributed by atoms with Crippen LogP contribution >= 0.6 is 0 Å². The van der Waals surface area contributed by atoms with Gasteiger partial charge in [-0.05, 0) is 38.7 Å². The molecule has 4 aliphatic heterocycles. The standard InChI is InChI=1S/C34H45N3O7/c1-6-21(4)24(19-38)37-30-32(41)36(20(2)3)18-12-17-34(30)28(31(37)40)27-25(44-34)15-10-11-16-26(39)35-22(5)29(43-33(27)42)23-13-8-7-9-14-23/h7-10,12-15,17,20-22,24-25,27-30,38H,6,11,16,18-19H2,1-5H3,(H,35,39)/b15-10-/t21-,22-,24-,25-,27+,28+,29+,30-,34+/m0/s1. The van der Waals surface area contributed by atoms with Crippen LogP contribution in [0, 0.1) is 17.8 Å². The van der Waals surface area contributed by atoms with E-state index in [-0.39, 0.29) is 36.8 Å². The highest BCUT2D eigenvalue weighted by Crippen LogP contribution is 2.54. The highest BCUT2D eigenvalue weighted by Gasteiger charge is 2.72. The molecule has 44 heavy (non-hydrogen) atoms. The van der Waals surface area contributed by atoms with Crippen molar-refractivity contribution in [3.8, 4) is 0 Å². The van der Waals surface area contributed by atoms with Crippen molar-refractivity contribution >= 4 is 23.7 Å². The third kappa shape index (κ3) is 5.47. The fourth-order valence-electron chi connectivity index (χ4n) is 7.30. The number of rotatable bonds is 6. The van der Waals surface area contributed by atoms with Crippen LogP contribution in [0.15, 0.2) is 54.6 Å². The van der Waals surface area contributed by atoms with Crippen molar-refractivity contribution < 1.29 is 33.8 Å². The number of carbonyl (C=O) groups is 4. The van der Waals surface area contributed by atoms with Crippen molar-refractivity contribution in [3.05, 3.63) is 60.2 Å². The Labute approximate surface area is 259 Å². The van der Waals surface area contributed by atoms with E-state index in [0.29, 0.717) is 24.9 Å². The van der Waals surface area contributed by atoms with E-state index in [0.717, 1.165) is 0 Å². The van der Waals surface area contributed by atoms with Gasteiger partial charge in [0.25, 0.3) is 0 Å². The van der Waals surface area contributed by atoms with Gasteiger partial charge in [-0.25, -0.2) is 0 Å². The van der Waals surface area contributed by atoms with Gasteiger partial charge in [-0.2, -0.15) is 0 Å². The molecule has 5 rings (SSSR count). The van der Waals surface area contributed by atoms with E-state index < -0.39 is 59.6 Å². The number of ether oxygens (including phenoxy) is 2. The molecule has 1 aromatic rings. The Hall–Kier alpha value is -3.50. The van der Waals surface area contributed by atoms with Crippen LogP contribution in [0.4, 0.5) is 0 Å². The number of fused-ring (bicyclic) bond motifs is 2. The molecule has 2 saturated heterocycles. The predicted octanol–water partition coefficient (Wildman–Crippen LogP) is 2.92. The number of likely N-dealkylation sites (tertiary alicyclic amines) is 1. The normalized spacial score (nSPS) is 34.6. The monoisotopic (exact) mass is 607 g/mol. The lowest BCUT2D eigenvalue weighted by Crippen LogP contribution is -2.60. The Bertz CT molecular complexity index is 1310. The van der Waals surface area contributed by atoms with E-state index in [9.17, 15) is 24.3 Å². The molecule has 4 heterocycles. The van der Waals surface area contributed by atoms with Crippen LogP contribution in [-0.4, -0.2) is 87.6 Å². The first-order chi connectivity index (χ1) is 21.0. The number of nitrogens with zero attached hydrogens (tertiary/aromatic N) is 2. The SMILES string of the molecule is CC[C@H](C)[C@H](CO)N1C(=O)[C@H]2[C@@H]3C(=O)O[C@@H](c4ccccc4)[C@H](C)NC(=O)CC/C=C\[C@@H]3O[C@]23C=CCN(C(C)C)C(=O)[C@H]13. The summed E-state index contributed by atoms with van der Waals surface area (Å²) >= 11 is 0. The molecule has 0 aromatic heterocycles. The molecule has 10 nitrogen and oxygen atoms in total. The van der Waals surface area contributed by atoms with Crippen LogP contribution in [0.1, 0.15) is 65.5 Å². The van der Waals surface area contributed by atoms with Crippen LogP contribution in [0.25, 0.3) is 0 Å². The number of esters is 1. The number of hydrogen-bond donors (Lipinski definition) is 2. The summed E-state index contributed by atoms with van der Waals surface area (Å²) in [5.74, 6) is -3.71. The fraction of sp³-hybridized carbons (Fsp3) is 0.588. The zero-order valence-electron chi connectivity index (χ0n) is 26.2. The van der Waals surface area contributed by atoms with E-state index in [1.807, 2.05) is 64.1 Å². The summed E-state index contributed by atoms with van der Waals surface area (Å²) in [6, 6.07) is 6.80. The van der Waals surface area contributed by atoms with Gasteiger partial charge in [0, 0.05) is 19.0 Å². The first-order valence-corrected chi connectivity index (χ1v) is 15.9. The topological polar surface area (TPSA) is 125 Å². The van der Waals surface area contributed by atoms with Gasteiger partial charge in [0.15, 0.2) is 0 Å². The van der Waals surface area contributed by atoms with Crippen molar-refractivity contribution in [1.82, 2.24) is 15.1 Å². The molecule has 0 radical (unpaired) electrons. The van der Waals surface area contributed by atoms with Gasteiger partial charge in [0.2, 0.25) is 17.7 Å². The van der Waals surface area contributed by atoms with Gasteiger partial charge < -0.3 is 29.7 Å². The Morgan fingerprint density at radius 2 is 1.80 bits per heavy atom. The van der Waals surface area contributed by atoms with Crippen molar-refractivity contribution in [1.29, 1.82) is 0 Å². The molecule has 238 valence electrons. The van der Waals surface area contributed by atoms with E-state index in [1.165, 1.54) is 4.90 Å². The molecule has 0 saturated carbocycles. The second-order valence-corrected chi connectivity index (χ2v) is 12.8. The summed E-state index contributed by atoms with van der Waals surface area (Å²) in [6.07, 6.45) is 6.79. The Balaban J connectivity index is 1.64. The van der Waals surface area contributed by atoms with Gasteiger partial charge in [0.1, 0.15) is 23.7 Å². The van der Waals surface area contributed by atoms with Crippen LogP contribution in [0.2, 0.25) is 0 Å². The van der Waals surface area contributed by atoms with E-state index in [1.54, 1.807) is 30.1 Å². The second kappa shape index (κ2) is 12.9. The maximum Gasteiger partial charge on any atom is 0.313 e. The first-order valence-electron chi connectivity index (χ1n) is 15.9. The lowest BCUT2D eigenvalue weighted by atomic mass is 9.77. The van der Waals surface area contributed by atoms with E-state index in [4.69, 9.17) is 9.47 Å². The number of carbonyl (C=O) groups excluding carboxylic acids is 4. The summed E-state index contributed by atoms with van der Waals surface area (Å²) in [6.45, 7) is 9.56. The zero-order valence-corrected chi connectivity index (χ0v) is 26.2. The number of hydrogen-bond acceptors (Lipinski definition) is 7. The Morgan fingerprint density at radius 1 is 1.07 bits per heavy atom. The lowest BCUT2D eigenvalue weighted by molar-refractivity contribution is -0.162. The number of nitrogens with one attached hydrogen (secondary N) is 1. The number of aliphatic hydroxyl groups is 1. The first kappa shape index (κ1) is 31.9. The van der Waals surface area contributed by atoms with Crippen LogP contribution in [0.3, 0.4) is 0 Å². The smallest absolute Gasteiger partial charge is 0.313 e. The minimum Gasteiger partial charge on any atom is -0.455 e. The molecule has 1 spiro atoms. The van der Waals surface area contributed by atoms with Crippen LogP contribution < -0.4 is 5.32 Å². The molecular weight excluding hydrogens is 562 g/mol. The summed E-state index contributed by atoms with van der Waals surface area (Å²) in [7, 11) is 0. The molecule has 1 aromatic carbocycles.